The lowest BCUT2D eigenvalue weighted by molar-refractivity contribution is 0.529. The van der Waals surface area contributed by atoms with E-state index in [0.29, 0.717) is 0 Å². The number of amides is 1. The van der Waals surface area contributed by atoms with Gasteiger partial charge in [-0.25, -0.2) is 0 Å². The molecule has 0 aromatic carbocycles. The number of aromatic amines is 1. The summed E-state index contributed by atoms with van der Waals surface area (Å²) in [5, 5.41) is 8.86. The first-order valence-electron chi connectivity index (χ1n) is 2.96. The van der Waals surface area contributed by atoms with Crippen LogP contribution in [0.25, 0.3) is 0 Å². The molecule has 1 radical (unpaired) electrons. The summed E-state index contributed by atoms with van der Waals surface area (Å²) in [4.78, 5) is 9.84. The van der Waals surface area contributed by atoms with Gasteiger partial charge < -0.3 is 5.32 Å². The van der Waals surface area contributed by atoms with Crippen LogP contribution in [-0.4, -0.2) is 16.6 Å². The van der Waals surface area contributed by atoms with Crippen molar-refractivity contribution in [2.75, 3.05) is 0 Å². The van der Waals surface area contributed by atoms with Crippen LogP contribution in [0.5, 0.6) is 0 Å². The van der Waals surface area contributed by atoms with E-state index in [4.69, 9.17) is 0 Å². The Hall–Kier alpha value is -1.32. The number of nitrogens with one attached hydrogen (secondary N) is 2. The summed E-state index contributed by atoms with van der Waals surface area (Å²) in [6.45, 7) is 1.86. The molecule has 2 N–H and O–H groups in total. The molecular formula is C6H8N3O. The summed E-state index contributed by atoms with van der Waals surface area (Å²) in [7, 11) is 0. The molecule has 4 heteroatoms. The summed E-state index contributed by atoms with van der Waals surface area (Å²) in [6.07, 6.45) is 5.01. The number of hydrogen-bond donors (Lipinski definition) is 2. The smallest absolute Gasteiger partial charge is 0.309 e. The topological polar surface area (TPSA) is 57.8 Å². The van der Waals surface area contributed by atoms with Crippen molar-refractivity contribution in [3.63, 3.8) is 0 Å². The van der Waals surface area contributed by atoms with Gasteiger partial charge in [0.1, 0.15) is 0 Å². The highest BCUT2D eigenvalue weighted by Gasteiger charge is 2.02. The van der Waals surface area contributed by atoms with Crippen molar-refractivity contribution in [1.82, 2.24) is 15.5 Å². The van der Waals surface area contributed by atoms with Gasteiger partial charge in [-0.2, -0.15) is 5.10 Å². The highest BCUT2D eigenvalue weighted by molar-refractivity contribution is 5.48. The third-order valence-electron chi connectivity index (χ3n) is 1.29. The lowest BCUT2D eigenvalue weighted by Crippen LogP contribution is -2.15. The Bertz CT molecular complexity index is 195. The average molecular weight is 138 g/mol. The van der Waals surface area contributed by atoms with Crippen molar-refractivity contribution in [2.45, 2.75) is 13.0 Å². The largest absolute Gasteiger partial charge is 0.341 e. The zero-order valence-corrected chi connectivity index (χ0v) is 5.59. The number of nitrogens with zero attached hydrogens (tertiary/aromatic N) is 1. The first-order chi connectivity index (χ1) is 4.84. The van der Waals surface area contributed by atoms with Gasteiger partial charge in [-0.3, -0.25) is 9.89 Å². The molecule has 1 amide bonds. The van der Waals surface area contributed by atoms with E-state index in [1.54, 1.807) is 18.8 Å². The van der Waals surface area contributed by atoms with Gasteiger partial charge in [0, 0.05) is 11.8 Å². The summed E-state index contributed by atoms with van der Waals surface area (Å²) in [5.41, 5.74) is 0.948. The molecule has 1 heterocycles. The maximum atomic E-state index is 9.84. The minimum absolute atomic E-state index is 0.0174. The highest BCUT2D eigenvalue weighted by atomic mass is 16.1. The molecular weight excluding hydrogens is 130 g/mol. The fourth-order valence-electron chi connectivity index (χ4n) is 0.669. The van der Waals surface area contributed by atoms with Crippen molar-refractivity contribution in [3.05, 3.63) is 18.0 Å². The van der Waals surface area contributed by atoms with Crippen LogP contribution in [0.3, 0.4) is 0 Å². The molecule has 0 aliphatic heterocycles. The van der Waals surface area contributed by atoms with E-state index in [1.165, 1.54) is 0 Å². The molecule has 1 unspecified atom stereocenters. The Morgan fingerprint density at radius 3 is 3.20 bits per heavy atom. The van der Waals surface area contributed by atoms with Crippen molar-refractivity contribution in [1.29, 1.82) is 0 Å². The monoisotopic (exact) mass is 138 g/mol. The van der Waals surface area contributed by atoms with E-state index in [9.17, 15) is 4.79 Å². The Morgan fingerprint density at radius 1 is 1.90 bits per heavy atom. The lowest BCUT2D eigenvalue weighted by atomic mass is 10.2. The Balaban J connectivity index is 2.58. The SMILES string of the molecule is CC(N[C]=O)c1cn[nH]c1. The summed E-state index contributed by atoms with van der Waals surface area (Å²) < 4.78 is 0. The molecule has 0 fully saturated rings. The van der Waals surface area contributed by atoms with Crippen molar-refractivity contribution >= 4 is 6.41 Å². The number of carbonyl (C=O) groups excluding carboxylic acids is 1. The third kappa shape index (κ3) is 1.34. The molecule has 1 atom stereocenters. The normalized spacial score (nSPS) is 12.5. The zero-order valence-electron chi connectivity index (χ0n) is 5.59. The van der Waals surface area contributed by atoms with Crippen LogP contribution in [0.1, 0.15) is 18.5 Å². The van der Waals surface area contributed by atoms with Crippen molar-refractivity contribution in [2.24, 2.45) is 0 Å². The van der Waals surface area contributed by atoms with E-state index in [2.05, 4.69) is 15.5 Å². The fourth-order valence-corrected chi connectivity index (χ4v) is 0.669. The van der Waals surface area contributed by atoms with Gasteiger partial charge >= 0.3 is 6.41 Å². The standard InChI is InChI=1S/C6H8N3O/c1-5(7-4-10)6-2-8-9-3-6/h2-3,5H,1H3,(H,7,10)(H,8,9). The average Bonchev–Trinajstić information content (AvgIpc) is 2.38. The van der Waals surface area contributed by atoms with Gasteiger partial charge in [0.15, 0.2) is 0 Å². The first kappa shape index (κ1) is 6.80. The summed E-state index contributed by atoms with van der Waals surface area (Å²) in [6, 6.07) is -0.0174. The van der Waals surface area contributed by atoms with Crippen LogP contribution in [0.2, 0.25) is 0 Å². The molecule has 1 aromatic heterocycles. The van der Waals surface area contributed by atoms with Crippen molar-refractivity contribution in [3.8, 4) is 0 Å². The molecule has 4 nitrogen and oxygen atoms in total. The molecule has 0 bridgehead atoms. The molecule has 0 spiro atoms. The molecule has 0 aliphatic rings. The van der Waals surface area contributed by atoms with Gasteiger partial charge in [0.2, 0.25) is 0 Å². The second kappa shape index (κ2) is 3.00. The summed E-state index contributed by atoms with van der Waals surface area (Å²) in [5.74, 6) is 0. The number of aromatic nitrogens is 2. The quantitative estimate of drug-likeness (QED) is 0.583. The zero-order chi connectivity index (χ0) is 7.40. The van der Waals surface area contributed by atoms with Crippen LogP contribution < -0.4 is 5.32 Å². The van der Waals surface area contributed by atoms with E-state index >= 15 is 0 Å². The predicted octanol–water partition coefficient (Wildman–Crippen LogP) is 0.127. The van der Waals surface area contributed by atoms with E-state index in [-0.39, 0.29) is 6.04 Å². The molecule has 1 rings (SSSR count). The van der Waals surface area contributed by atoms with Crippen LogP contribution in [0.15, 0.2) is 12.4 Å². The Morgan fingerprint density at radius 2 is 2.70 bits per heavy atom. The minimum Gasteiger partial charge on any atom is -0.341 e. The second-order valence-corrected chi connectivity index (χ2v) is 2.00. The maximum Gasteiger partial charge on any atom is 0.309 e. The van der Waals surface area contributed by atoms with Gasteiger partial charge in [0.25, 0.3) is 0 Å². The maximum absolute atomic E-state index is 9.84. The van der Waals surface area contributed by atoms with Gasteiger partial charge in [-0.05, 0) is 6.92 Å². The summed E-state index contributed by atoms with van der Waals surface area (Å²) >= 11 is 0. The van der Waals surface area contributed by atoms with E-state index in [1.807, 2.05) is 6.92 Å². The Labute approximate surface area is 58.6 Å². The first-order valence-corrected chi connectivity index (χ1v) is 2.96. The lowest BCUT2D eigenvalue weighted by Gasteiger charge is -2.03. The number of rotatable bonds is 3. The van der Waals surface area contributed by atoms with Crippen LogP contribution in [-0.2, 0) is 4.79 Å². The van der Waals surface area contributed by atoms with Crippen LogP contribution >= 0.6 is 0 Å². The van der Waals surface area contributed by atoms with Crippen LogP contribution in [0.4, 0.5) is 0 Å². The molecule has 0 saturated carbocycles. The van der Waals surface area contributed by atoms with Crippen molar-refractivity contribution < 1.29 is 4.79 Å². The Kier molecular flexibility index (Phi) is 2.04. The molecule has 0 aliphatic carbocycles. The molecule has 0 saturated heterocycles. The van der Waals surface area contributed by atoms with Gasteiger partial charge in [-0.1, -0.05) is 0 Å². The van der Waals surface area contributed by atoms with E-state index < -0.39 is 0 Å². The molecule has 53 valence electrons. The minimum atomic E-state index is -0.0174. The third-order valence-corrected chi connectivity index (χ3v) is 1.29. The van der Waals surface area contributed by atoms with Gasteiger partial charge in [0.05, 0.1) is 12.2 Å². The fraction of sp³-hybridized carbons (Fsp3) is 0.333. The highest BCUT2D eigenvalue weighted by Crippen LogP contribution is 2.06. The molecule has 1 aromatic rings. The van der Waals surface area contributed by atoms with E-state index in [0.717, 1.165) is 5.56 Å². The number of H-pyrrole nitrogens is 1. The van der Waals surface area contributed by atoms with Crippen LogP contribution in [0, 0.1) is 0 Å². The number of hydrogen-bond acceptors (Lipinski definition) is 2. The predicted molar refractivity (Wildman–Crippen MR) is 35.8 cm³/mol. The second-order valence-electron chi connectivity index (χ2n) is 2.00. The van der Waals surface area contributed by atoms with Gasteiger partial charge in [-0.15, -0.1) is 0 Å². The molecule has 10 heavy (non-hydrogen) atoms.